The Kier molecular flexibility index (Phi) is 7.03. The Hall–Kier alpha value is 0.193. The molecule has 0 saturated heterocycles. The topological polar surface area (TPSA) is 0 Å². The van der Waals surface area contributed by atoms with Crippen molar-refractivity contribution in [2.75, 3.05) is 0 Å². The van der Waals surface area contributed by atoms with E-state index < -0.39 is 0 Å². The number of fused-ring (bicyclic) bond motifs is 3. The van der Waals surface area contributed by atoms with Gasteiger partial charge in [-0.25, -0.2) is 0 Å². The van der Waals surface area contributed by atoms with Crippen LogP contribution in [0.2, 0.25) is 0 Å². The van der Waals surface area contributed by atoms with Crippen molar-refractivity contribution in [3.8, 4) is 11.1 Å². The number of halogens is 3. The summed E-state index contributed by atoms with van der Waals surface area (Å²) in [5.41, 5.74) is 5.92. The first-order chi connectivity index (χ1) is 6.86. The molecule has 0 saturated carbocycles. The van der Waals surface area contributed by atoms with Crippen molar-refractivity contribution in [2.24, 2.45) is 0 Å². The standard InChI is InChI=1S/C13H9.3ClH.Zr/c1-3-7-12-10(5-1)9-11-6-2-4-8-13(11)12;;;;/h1-5,7-8H,9H2;3*1H;/q;;;;+3/p-3. The summed E-state index contributed by atoms with van der Waals surface area (Å²) >= 11 is 1.52. The van der Waals surface area contributed by atoms with Crippen LogP contribution < -0.4 is 40.5 Å². The van der Waals surface area contributed by atoms with Gasteiger partial charge in [-0.1, -0.05) is 0 Å². The molecular formula is C13H9Cl3Zr. The molecular weight excluding hydrogens is 354 g/mol. The Labute approximate surface area is 135 Å². The zero-order valence-corrected chi connectivity index (χ0v) is 13.6. The van der Waals surface area contributed by atoms with Gasteiger partial charge in [0.1, 0.15) is 0 Å². The second-order valence-corrected chi connectivity index (χ2v) is 4.99. The molecule has 2 aromatic rings. The van der Waals surface area contributed by atoms with Crippen LogP contribution in [0.3, 0.4) is 0 Å². The summed E-state index contributed by atoms with van der Waals surface area (Å²) in [4.78, 5) is 0. The fourth-order valence-electron chi connectivity index (χ4n) is 2.16. The molecule has 1 aliphatic rings. The molecule has 0 aliphatic heterocycles. The van der Waals surface area contributed by atoms with E-state index in [1.165, 1.54) is 44.7 Å². The molecule has 0 amide bonds. The number of hydrogen-bond acceptors (Lipinski definition) is 0. The molecule has 0 unspecified atom stereocenters. The molecule has 0 N–H and O–H groups in total. The first-order valence-electron chi connectivity index (χ1n) is 4.78. The Morgan fingerprint density at radius 1 is 0.765 bits per heavy atom. The van der Waals surface area contributed by atoms with E-state index in [1.807, 2.05) is 0 Å². The predicted molar refractivity (Wildman–Crippen MR) is 54.3 cm³/mol. The molecule has 0 aromatic heterocycles. The van der Waals surface area contributed by atoms with Crippen LogP contribution in [0.15, 0.2) is 42.5 Å². The Morgan fingerprint density at radius 2 is 1.41 bits per heavy atom. The monoisotopic (exact) mass is 360 g/mol. The SMILES string of the molecule is [Cl-].[Cl-].[Cl-].[Zr+3][c]1cccc2c1Cc1ccccc1-2. The third-order valence-electron chi connectivity index (χ3n) is 2.85. The molecule has 17 heavy (non-hydrogen) atoms. The maximum absolute atomic E-state index is 2.24. The summed E-state index contributed by atoms with van der Waals surface area (Å²) < 4.78 is 1.51. The molecule has 4 heteroatoms. The van der Waals surface area contributed by atoms with Gasteiger partial charge < -0.3 is 37.2 Å². The summed E-state index contributed by atoms with van der Waals surface area (Å²) in [6.45, 7) is 0. The van der Waals surface area contributed by atoms with Gasteiger partial charge in [0.25, 0.3) is 0 Å². The van der Waals surface area contributed by atoms with Gasteiger partial charge in [0.05, 0.1) is 0 Å². The third kappa shape index (κ3) is 2.96. The van der Waals surface area contributed by atoms with Crippen molar-refractivity contribution in [1.29, 1.82) is 0 Å². The van der Waals surface area contributed by atoms with E-state index in [2.05, 4.69) is 42.5 Å². The predicted octanol–water partition coefficient (Wildman–Crippen LogP) is -6.56. The molecule has 1 aliphatic carbocycles. The van der Waals surface area contributed by atoms with Crippen LogP contribution in [-0.2, 0) is 31.1 Å². The van der Waals surface area contributed by atoms with E-state index in [1.54, 1.807) is 5.56 Å². The van der Waals surface area contributed by atoms with E-state index in [-0.39, 0.29) is 37.2 Å². The summed E-state index contributed by atoms with van der Waals surface area (Å²) in [6.07, 6.45) is 1.13. The molecule has 0 nitrogen and oxygen atoms in total. The minimum atomic E-state index is 0. The zero-order chi connectivity index (χ0) is 9.54. The van der Waals surface area contributed by atoms with E-state index in [0.717, 1.165) is 6.42 Å². The van der Waals surface area contributed by atoms with Crippen LogP contribution in [0.25, 0.3) is 11.1 Å². The van der Waals surface area contributed by atoms with Crippen molar-refractivity contribution in [3.05, 3.63) is 53.6 Å². The van der Waals surface area contributed by atoms with Crippen LogP contribution in [0.5, 0.6) is 0 Å². The molecule has 0 fully saturated rings. The van der Waals surface area contributed by atoms with Crippen molar-refractivity contribution >= 4 is 3.27 Å². The summed E-state index contributed by atoms with van der Waals surface area (Å²) in [5, 5.41) is 0. The third-order valence-corrected chi connectivity index (χ3v) is 4.00. The molecule has 0 heterocycles. The first kappa shape index (κ1) is 17.2. The van der Waals surface area contributed by atoms with E-state index >= 15 is 0 Å². The maximum atomic E-state index is 2.24. The van der Waals surface area contributed by atoms with Crippen LogP contribution in [0, 0.1) is 0 Å². The van der Waals surface area contributed by atoms with Gasteiger partial charge >= 0.3 is 99.1 Å². The van der Waals surface area contributed by atoms with Gasteiger partial charge in [-0.15, -0.1) is 0 Å². The fraction of sp³-hybridized carbons (Fsp3) is 0.0769. The Morgan fingerprint density at radius 3 is 2.18 bits per heavy atom. The fourth-order valence-corrected chi connectivity index (χ4v) is 2.94. The van der Waals surface area contributed by atoms with Gasteiger partial charge in [-0.05, 0) is 0 Å². The van der Waals surface area contributed by atoms with Crippen molar-refractivity contribution in [2.45, 2.75) is 6.42 Å². The zero-order valence-electron chi connectivity index (χ0n) is 8.88. The van der Waals surface area contributed by atoms with Crippen molar-refractivity contribution in [1.82, 2.24) is 0 Å². The molecule has 0 bridgehead atoms. The molecule has 0 spiro atoms. The second kappa shape index (κ2) is 6.95. The molecule has 86 valence electrons. The Bertz CT molecular complexity index is 512. The van der Waals surface area contributed by atoms with E-state index in [4.69, 9.17) is 0 Å². The molecule has 0 atom stereocenters. The van der Waals surface area contributed by atoms with Gasteiger partial charge in [0, 0.05) is 0 Å². The molecule has 2 aromatic carbocycles. The van der Waals surface area contributed by atoms with Gasteiger partial charge in [0.15, 0.2) is 0 Å². The Balaban J connectivity index is 0.000000853. The van der Waals surface area contributed by atoms with Crippen LogP contribution >= 0.6 is 0 Å². The summed E-state index contributed by atoms with van der Waals surface area (Å²) in [7, 11) is 0. The quantitative estimate of drug-likeness (QED) is 0.373. The number of hydrogen-bond donors (Lipinski definition) is 0. The number of benzene rings is 2. The first-order valence-corrected chi connectivity index (χ1v) is 6.01. The van der Waals surface area contributed by atoms with Crippen molar-refractivity contribution < 1.29 is 61.9 Å². The average Bonchev–Trinajstić information content (AvgIpc) is 2.59. The average molecular weight is 363 g/mol. The normalized spacial score (nSPS) is 10.2. The van der Waals surface area contributed by atoms with Gasteiger partial charge in [0.2, 0.25) is 0 Å². The van der Waals surface area contributed by atoms with E-state index in [0.29, 0.717) is 0 Å². The van der Waals surface area contributed by atoms with Crippen LogP contribution in [0.1, 0.15) is 11.1 Å². The molecule has 3 rings (SSSR count). The minimum absolute atomic E-state index is 0. The summed E-state index contributed by atoms with van der Waals surface area (Å²) in [5.74, 6) is 0. The number of rotatable bonds is 0. The van der Waals surface area contributed by atoms with Crippen molar-refractivity contribution in [3.63, 3.8) is 0 Å². The second-order valence-electron chi connectivity index (χ2n) is 3.67. The van der Waals surface area contributed by atoms with Gasteiger partial charge in [-0.3, -0.25) is 0 Å². The van der Waals surface area contributed by atoms with Crippen LogP contribution in [-0.4, -0.2) is 0 Å². The van der Waals surface area contributed by atoms with Gasteiger partial charge in [-0.2, -0.15) is 0 Å². The van der Waals surface area contributed by atoms with Crippen LogP contribution in [0.4, 0.5) is 0 Å². The molecule has 0 radical (unpaired) electrons. The van der Waals surface area contributed by atoms with E-state index in [9.17, 15) is 0 Å². The summed E-state index contributed by atoms with van der Waals surface area (Å²) in [6, 6.07) is 15.4.